The topological polar surface area (TPSA) is 52.6 Å². The lowest BCUT2D eigenvalue weighted by atomic mass is 10.1. The van der Waals surface area contributed by atoms with Crippen molar-refractivity contribution in [2.45, 2.75) is 44.8 Å². The molecule has 0 aromatic carbocycles. The van der Waals surface area contributed by atoms with E-state index in [1.807, 2.05) is 0 Å². The average molecular weight is 509 g/mol. The number of hydrogen-bond donors (Lipinski definition) is 1. The van der Waals surface area contributed by atoms with Crippen molar-refractivity contribution in [2.75, 3.05) is 79.2 Å². The van der Waals surface area contributed by atoms with Gasteiger partial charge in [-0.3, -0.25) is 4.99 Å². The average Bonchev–Trinajstić information content (AvgIpc) is 3.23. The van der Waals surface area contributed by atoms with Crippen LogP contribution < -0.4 is 5.32 Å². The molecular formula is C20H40IN5O2. The summed E-state index contributed by atoms with van der Waals surface area (Å²) in [6, 6.07) is 0. The minimum Gasteiger partial charge on any atom is -0.375 e. The SMILES string of the molecule is CCNC(=NCCCCN1CCN(C)CC1)N1CCOC(C2CCCO2)C1.I. The van der Waals surface area contributed by atoms with Crippen molar-refractivity contribution in [3.8, 4) is 0 Å². The Labute approximate surface area is 188 Å². The molecule has 0 spiro atoms. The van der Waals surface area contributed by atoms with Gasteiger partial charge in [0.05, 0.1) is 12.7 Å². The Morgan fingerprint density at radius 3 is 2.54 bits per heavy atom. The van der Waals surface area contributed by atoms with Gasteiger partial charge in [0.15, 0.2) is 5.96 Å². The highest BCUT2D eigenvalue weighted by Crippen LogP contribution is 2.21. The van der Waals surface area contributed by atoms with Crippen molar-refractivity contribution in [1.29, 1.82) is 0 Å². The first kappa shape index (κ1) is 24.1. The van der Waals surface area contributed by atoms with Gasteiger partial charge in [-0.1, -0.05) is 0 Å². The molecule has 0 radical (unpaired) electrons. The summed E-state index contributed by atoms with van der Waals surface area (Å²) in [5.41, 5.74) is 0. The molecule has 3 fully saturated rings. The standard InChI is InChI=1S/C20H39N5O2.HI/c1-3-21-20(22-8-4-5-9-24-12-10-23(2)11-13-24)25-14-16-27-19(17-25)18-7-6-15-26-18;/h18-19H,3-17H2,1-2H3,(H,21,22);1H. The van der Waals surface area contributed by atoms with Crippen molar-refractivity contribution in [2.24, 2.45) is 4.99 Å². The quantitative estimate of drug-likeness (QED) is 0.243. The van der Waals surface area contributed by atoms with E-state index in [4.69, 9.17) is 14.5 Å². The van der Waals surface area contributed by atoms with Crippen LogP contribution in [0, 0.1) is 0 Å². The summed E-state index contributed by atoms with van der Waals surface area (Å²) >= 11 is 0. The van der Waals surface area contributed by atoms with Crippen LogP contribution in [0.3, 0.4) is 0 Å². The predicted octanol–water partition coefficient (Wildman–Crippen LogP) is 1.48. The minimum absolute atomic E-state index is 0. The second kappa shape index (κ2) is 13.2. The van der Waals surface area contributed by atoms with Crippen LogP contribution in [-0.4, -0.2) is 112 Å². The number of piperazine rings is 1. The zero-order valence-corrected chi connectivity index (χ0v) is 20.1. The molecule has 3 rings (SSSR count). The van der Waals surface area contributed by atoms with Gasteiger partial charge in [-0.2, -0.15) is 0 Å². The third kappa shape index (κ3) is 7.59. The molecule has 28 heavy (non-hydrogen) atoms. The maximum atomic E-state index is 5.98. The number of halogens is 1. The molecule has 0 bridgehead atoms. The molecule has 0 aliphatic carbocycles. The molecule has 3 aliphatic rings. The van der Waals surface area contributed by atoms with Crippen molar-refractivity contribution < 1.29 is 9.47 Å². The lowest BCUT2D eigenvalue weighted by molar-refractivity contribution is -0.0817. The number of aliphatic imine (C=N–C) groups is 1. The summed E-state index contributed by atoms with van der Waals surface area (Å²) < 4.78 is 11.8. The number of nitrogens with zero attached hydrogens (tertiary/aromatic N) is 4. The summed E-state index contributed by atoms with van der Waals surface area (Å²) in [6.07, 6.45) is 5.11. The number of rotatable bonds is 7. The van der Waals surface area contributed by atoms with Gasteiger partial charge in [0.2, 0.25) is 0 Å². The van der Waals surface area contributed by atoms with Crippen molar-refractivity contribution >= 4 is 29.9 Å². The molecule has 0 saturated carbocycles. The molecular weight excluding hydrogens is 469 g/mol. The maximum Gasteiger partial charge on any atom is 0.194 e. The number of morpholine rings is 1. The number of nitrogens with one attached hydrogen (secondary N) is 1. The van der Waals surface area contributed by atoms with Crippen molar-refractivity contribution in [3.05, 3.63) is 0 Å². The number of guanidine groups is 1. The molecule has 3 heterocycles. The van der Waals surface area contributed by atoms with E-state index >= 15 is 0 Å². The van der Waals surface area contributed by atoms with Gasteiger partial charge in [0.1, 0.15) is 6.10 Å². The van der Waals surface area contributed by atoms with Crippen LogP contribution in [0.15, 0.2) is 4.99 Å². The third-order valence-corrected chi connectivity index (χ3v) is 5.85. The molecule has 3 saturated heterocycles. The number of unbranched alkanes of at least 4 members (excludes halogenated alkanes) is 1. The highest BCUT2D eigenvalue weighted by atomic mass is 127. The number of hydrogen-bond acceptors (Lipinski definition) is 5. The molecule has 2 unspecified atom stereocenters. The lowest BCUT2D eigenvalue weighted by Crippen LogP contribution is -2.53. The Morgan fingerprint density at radius 1 is 1.04 bits per heavy atom. The Kier molecular flexibility index (Phi) is 11.4. The van der Waals surface area contributed by atoms with E-state index in [1.165, 1.54) is 39.1 Å². The van der Waals surface area contributed by atoms with E-state index in [-0.39, 0.29) is 36.2 Å². The van der Waals surface area contributed by atoms with Gasteiger partial charge in [0.25, 0.3) is 0 Å². The van der Waals surface area contributed by atoms with Crippen molar-refractivity contribution in [1.82, 2.24) is 20.0 Å². The Hall–Kier alpha value is -0.160. The summed E-state index contributed by atoms with van der Waals surface area (Å²) in [5, 5.41) is 3.47. The first-order valence-corrected chi connectivity index (χ1v) is 10.9. The minimum atomic E-state index is 0. The van der Waals surface area contributed by atoms with Gasteiger partial charge in [0, 0.05) is 59.0 Å². The monoisotopic (exact) mass is 509 g/mol. The summed E-state index contributed by atoms with van der Waals surface area (Å²) in [5.74, 6) is 1.04. The van der Waals surface area contributed by atoms with Crippen LogP contribution in [0.1, 0.15) is 32.6 Å². The molecule has 1 N–H and O–H groups in total. The molecule has 0 aromatic heterocycles. The van der Waals surface area contributed by atoms with Crippen LogP contribution >= 0.6 is 24.0 Å². The number of ether oxygens (including phenoxy) is 2. The molecule has 0 aromatic rings. The first-order valence-electron chi connectivity index (χ1n) is 10.9. The summed E-state index contributed by atoms with van der Waals surface area (Å²) in [4.78, 5) is 12.3. The first-order chi connectivity index (χ1) is 13.3. The van der Waals surface area contributed by atoms with Gasteiger partial charge in [-0.15, -0.1) is 24.0 Å². The second-order valence-corrected chi connectivity index (χ2v) is 7.99. The van der Waals surface area contributed by atoms with Crippen LogP contribution in [0.25, 0.3) is 0 Å². The van der Waals surface area contributed by atoms with E-state index in [1.54, 1.807) is 0 Å². The fourth-order valence-corrected chi connectivity index (χ4v) is 4.12. The number of likely N-dealkylation sites (N-methyl/N-ethyl adjacent to an activating group) is 1. The molecule has 3 aliphatic heterocycles. The summed E-state index contributed by atoms with van der Waals surface area (Å²) in [6.45, 7) is 13.4. The third-order valence-electron chi connectivity index (χ3n) is 5.85. The van der Waals surface area contributed by atoms with E-state index < -0.39 is 0 Å². The Balaban J connectivity index is 0.00000280. The Morgan fingerprint density at radius 2 is 1.82 bits per heavy atom. The van der Waals surface area contributed by atoms with Crippen LogP contribution in [0.2, 0.25) is 0 Å². The fraction of sp³-hybridized carbons (Fsp3) is 0.950. The highest BCUT2D eigenvalue weighted by Gasteiger charge is 2.32. The molecule has 2 atom stereocenters. The van der Waals surface area contributed by atoms with Gasteiger partial charge < -0.3 is 29.5 Å². The molecule has 8 heteroatoms. The highest BCUT2D eigenvalue weighted by molar-refractivity contribution is 14.0. The van der Waals surface area contributed by atoms with Gasteiger partial charge in [-0.25, -0.2) is 0 Å². The van der Waals surface area contributed by atoms with Crippen molar-refractivity contribution in [3.63, 3.8) is 0 Å². The smallest absolute Gasteiger partial charge is 0.194 e. The van der Waals surface area contributed by atoms with Gasteiger partial charge >= 0.3 is 0 Å². The van der Waals surface area contributed by atoms with E-state index in [2.05, 4.69) is 34.0 Å². The summed E-state index contributed by atoms with van der Waals surface area (Å²) in [7, 11) is 2.21. The fourth-order valence-electron chi connectivity index (χ4n) is 4.12. The van der Waals surface area contributed by atoms with Gasteiger partial charge in [-0.05, 0) is 46.2 Å². The van der Waals surface area contributed by atoms with E-state index in [0.29, 0.717) is 0 Å². The van der Waals surface area contributed by atoms with E-state index in [0.717, 1.165) is 64.6 Å². The maximum absolute atomic E-state index is 5.98. The predicted molar refractivity (Wildman–Crippen MR) is 125 cm³/mol. The van der Waals surface area contributed by atoms with Crippen LogP contribution in [0.5, 0.6) is 0 Å². The van der Waals surface area contributed by atoms with E-state index in [9.17, 15) is 0 Å². The normalized spacial score (nSPS) is 27.6. The Bertz CT molecular complexity index is 454. The molecule has 164 valence electrons. The largest absolute Gasteiger partial charge is 0.375 e. The zero-order valence-electron chi connectivity index (χ0n) is 17.8. The zero-order chi connectivity index (χ0) is 18.9. The van der Waals surface area contributed by atoms with Crippen LogP contribution in [-0.2, 0) is 9.47 Å². The second-order valence-electron chi connectivity index (χ2n) is 7.99. The lowest BCUT2D eigenvalue weighted by Gasteiger charge is -2.37. The van der Waals surface area contributed by atoms with Crippen LogP contribution in [0.4, 0.5) is 0 Å². The molecule has 0 amide bonds. The molecule has 7 nitrogen and oxygen atoms in total.